The van der Waals surface area contributed by atoms with Gasteiger partial charge in [0.25, 0.3) is 6.43 Å². The van der Waals surface area contributed by atoms with Crippen LogP contribution in [-0.2, 0) is 11.3 Å². The first-order valence-electron chi connectivity index (χ1n) is 6.92. The number of carboxylic acids is 1. The van der Waals surface area contributed by atoms with E-state index >= 15 is 0 Å². The van der Waals surface area contributed by atoms with Crippen LogP contribution in [-0.4, -0.2) is 28.1 Å². The number of alkyl halides is 2. The Bertz CT molecular complexity index is 503. The normalized spacial score (nSPS) is 29.2. The topological polar surface area (TPSA) is 40.5 Å². The predicted octanol–water partition coefficient (Wildman–Crippen LogP) is 3.06. The molecule has 2 bridgehead atoms. The van der Waals surface area contributed by atoms with E-state index in [1.807, 2.05) is 0 Å². The highest BCUT2D eigenvalue weighted by Crippen LogP contribution is 2.42. The minimum atomic E-state index is -2.44. The first-order valence-corrected chi connectivity index (χ1v) is 6.92. The Morgan fingerprint density at radius 2 is 2.00 bits per heavy atom. The van der Waals surface area contributed by atoms with Crippen LogP contribution >= 0.6 is 0 Å². The van der Waals surface area contributed by atoms with Crippen LogP contribution in [0.15, 0.2) is 24.3 Å². The zero-order chi connectivity index (χ0) is 14.3. The highest BCUT2D eigenvalue weighted by molar-refractivity contribution is 5.71. The maximum atomic E-state index is 12.5. The molecule has 108 valence electrons. The number of rotatable bonds is 4. The quantitative estimate of drug-likeness (QED) is 0.922. The monoisotopic (exact) mass is 281 g/mol. The maximum absolute atomic E-state index is 12.5. The molecule has 2 fully saturated rings. The zero-order valence-corrected chi connectivity index (χ0v) is 11.0. The van der Waals surface area contributed by atoms with E-state index in [1.54, 1.807) is 12.1 Å². The summed E-state index contributed by atoms with van der Waals surface area (Å²) < 4.78 is 25.0. The van der Waals surface area contributed by atoms with Gasteiger partial charge in [0, 0.05) is 24.2 Å². The van der Waals surface area contributed by atoms with Crippen LogP contribution in [0.4, 0.5) is 8.78 Å². The van der Waals surface area contributed by atoms with Crippen LogP contribution in [0.1, 0.15) is 36.8 Å². The summed E-state index contributed by atoms with van der Waals surface area (Å²) in [4.78, 5) is 13.4. The second-order valence-electron chi connectivity index (χ2n) is 5.69. The smallest absolute Gasteiger partial charge is 0.308 e. The van der Waals surface area contributed by atoms with Crippen LogP contribution in [0.2, 0.25) is 0 Å². The summed E-state index contributed by atoms with van der Waals surface area (Å²) in [5, 5.41) is 9.21. The first-order chi connectivity index (χ1) is 9.56. The lowest BCUT2D eigenvalue weighted by Gasteiger charge is -2.22. The van der Waals surface area contributed by atoms with Gasteiger partial charge in [-0.3, -0.25) is 9.69 Å². The van der Waals surface area contributed by atoms with Crippen LogP contribution in [0.3, 0.4) is 0 Å². The van der Waals surface area contributed by atoms with Crippen molar-refractivity contribution in [3.05, 3.63) is 35.4 Å². The Morgan fingerprint density at radius 3 is 2.55 bits per heavy atom. The third-order valence-corrected chi connectivity index (χ3v) is 4.60. The standard InChI is InChI=1S/C15H17F2NO2/c16-14(17)10-3-1-9(2-4-10)8-18-11-5-6-13(18)12(7-11)15(19)20/h1-4,11-14H,5-8H2,(H,19,20). The van der Waals surface area contributed by atoms with E-state index in [0.29, 0.717) is 12.6 Å². The average molecular weight is 281 g/mol. The van der Waals surface area contributed by atoms with Crippen LogP contribution < -0.4 is 0 Å². The molecule has 2 saturated heterocycles. The second kappa shape index (κ2) is 5.13. The molecule has 0 aromatic heterocycles. The Balaban J connectivity index is 1.71. The molecule has 0 aliphatic carbocycles. The molecule has 3 atom stereocenters. The summed E-state index contributed by atoms with van der Waals surface area (Å²) in [5.74, 6) is -0.982. The highest BCUT2D eigenvalue weighted by atomic mass is 19.3. The van der Waals surface area contributed by atoms with E-state index < -0.39 is 12.4 Å². The summed E-state index contributed by atoms with van der Waals surface area (Å²) >= 11 is 0. The fourth-order valence-corrected chi connectivity index (χ4v) is 3.59. The van der Waals surface area contributed by atoms with E-state index in [2.05, 4.69) is 4.90 Å². The summed E-state index contributed by atoms with van der Waals surface area (Å²) in [6.07, 6.45) is 0.249. The first kappa shape index (κ1) is 13.5. The number of aliphatic carboxylic acids is 1. The van der Waals surface area contributed by atoms with Gasteiger partial charge in [-0.15, -0.1) is 0 Å². The van der Waals surface area contributed by atoms with Gasteiger partial charge in [-0.1, -0.05) is 24.3 Å². The van der Waals surface area contributed by atoms with Crippen molar-refractivity contribution in [2.24, 2.45) is 5.92 Å². The van der Waals surface area contributed by atoms with Gasteiger partial charge >= 0.3 is 5.97 Å². The summed E-state index contributed by atoms with van der Waals surface area (Å²) in [6, 6.07) is 6.77. The molecule has 0 saturated carbocycles. The van der Waals surface area contributed by atoms with Gasteiger partial charge in [-0.25, -0.2) is 8.78 Å². The van der Waals surface area contributed by atoms with E-state index in [4.69, 9.17) is 0 Å². The van der Waals surface area contributed by atoms with Gasteiger partial charge in [-0.2, -0.15) is 0 Å². The minimum Gasteiger partial charge on any atom is -0.481 e. The molecule has 3 nitrogen and oxygen atoms in total. The third kappa shape index (κ3) is 2.30. The van der Waals surface area contributed by atoms with Crippen molar-refractivity contribution in [3.8, 4) is 0 Å². The van der Waals surface area contributed by atoms with Crippen molar-refractivity contribution in [1.29, 1.82) is 0 Å². The molecule has 0 radical (unpaired) electrons. The SMILES string of the molecule is O=C(O)C1CC2CCC1N2Cc1ccc(C(F)F)cc1. The molecule has 1 aromatic carbocycles. The van der Waals surface area contributed by atoms with Crippen molar-refractivity contribution < 1.29 is 18.7 Å². The minimum absolute atomic E-state index is 0.0292. The number of halogens is 2. The lowest BCUT2D eigenvalue weighted by Crippen LogP contribution is -2.32. The lowest BCUT2D eigenvalue weighted by molar-refractivity contribution is -0.142. The summed E-state index contributed by atoms with van der Waals surface area (Å²) in [7, 11) is 0. The molecule has 2 aliphatic rings. The van der Waals surface area contributed by atoms with Gasteiger partial charge in [0.2, 0.25) is 0 Å². The molecule has 2 heterocycles. The highest BCUT2D eigenvalue weighted by Gasteiger charge is 2.48. The van der Waals surface area contributed by atoms with E-state index in [1.165, 1.54) is 12.1 Å². The number of fused-ring (bicyclic) bond motifs is 2. The Morgan fingerprint density at radius 1 is 1.30 bits per heavy atom. The lowest BCUT2D eigenvalue weighted by atomic mass is 9.89. The maximum Gasteiger partial charge on any atom is 0.308 e. The molecule has 1 aromatic rings. The van der Waals surface area contributed by atoms with Gasteiger partial charge in [0.1, 0.15) is 0 Å². The third-order valence-electron chi connectivity index (χ3n) is 4.60. The molecule has 1 N–H and O–H groups in total. The fraction of sp³-hybridized carbons (Fsp3) is 0.533. The van der Waals surface area contributed by atoms with E-state index in [9.17, 15) is 18.7 Å². The number of hydrogen-bond acceptors (Lipinski definition) is 2. The molecular formula is C15H17F2NO2. The van der Waals surface area contributed by atoms with Crippen LogP contribution in [0, 0.1) is 5.92 Å². The van der Waals surface area contributed by atoms with Crippen molar-refractivity contribution in [2.75, 3.05) is 0 Å². The van der Waals surface area contributed by atoms with Gasteiger partial charge < -0.3 is 5.11 Å². The Labute approximate surface area is 116 Å². The van der Waals surface area contributed by atoms with Gasteiger partial charge in [0.05, 0.1) is 5.92 Å². The van der Waals surface area contributed by atoms with Crippen LogP contribution in [0.25, 0.3) is 0 Å². The zero-order valence-electron chi connectivity index (χ0n) is 11.0. The number of benzene rings is 1. The molecular weight excluding hydrogens is 264 g/mol. The average Bonchev–Trinajstić information content (AvgIpc) is 2.96. The fourth-order valence-electron chi connectivity index (χ4n) is 3.59. The molecule has 5 heteroatoms. The number of carboxylic acid groups (broad SMARTS) is 1. The summed E-state index contributed by atoms with van der Waals surface area (Å²) in [5.41, 5.74) is 0.999. The largest absolute Gasteiger partial charge is 0.481 e. The number of nitrogens with zero attached hydrogens (tertiary/aromatic N) is 1. The van der Waals surface area contributed by atoms with Crippen molar-refractivity contribution in [3.63, 3.8) is 0 Å². The van der Waals surface area contributed by atoms with Crippen molar-refractivity contribution in [1.82, 2.24) is 4.90 Å². The molecule has 0 amide bonds. The molecule has 3 unspecified atom stereocenters. The van der Waals surface area contributed by atoms with Crippen molar-refractivity contribution >= 4 is 5.97 Å². The molecule has 20 heavy (non-hydrogen) atoms. The van der Waals surface area contributed by atoms with Gasteiger partial charge in [0.15, 0.2) is 0 Å². The second-order valence-corrected chi connectivity index (χ2v) is 5.69. The van der Waals surface area contributed by atoms with Crippen molar-refractivity contribution in [2.45, 2.75) is 44.3 Å². The van der Waals surface area contributed by atoms with E-state index in [-0.39, 0.29) is 17.5 Å². The number of carbonyl (C=O) groups is 1. The van der Waals surface area contributed by atoms with Gasteiger partial charge in [-0.05, 0) is 24.8 Å². The predicted molar refractivity (Wildman–Crippen MR) is 69.5 cm³/mol. The molecule has 3 rings (SSSR count). The molecule has 2 aliphatic heterocycles. The van der Waals surface area contributed by atoms with E-state index in [0.717, 1.165) is 24.8 Å². The molecule has 0 spiro atoms. The Hall–Kier alpha value is -1.49. The Kier molecular flexibility index (Phi) is 3.46. The summed E-state index contributed by atoms with van der Waals surface area (Å²) in [6.45, 7) is 0.655. The van der Waals surface area contributed by atoms with Crippen LogP contribution in [0.5, 0.6) is 0 Å². The number of hydrogen-bond donors (Lipinski definition) is 1.